The van der Waals surface area contributed by atoms with Crippen LogP contribution in [0.3, 0.4) is 0 Å². The predicted octanol–water partition coefficient (Wildman–Crippen LogP) is 2.63. The van der Waals surface area contributed by atoms with Crippen molar-refractivity contribution in [1.29, 1.82) is 0 Å². The molecule has 0 rings (SSSR count). The Morgan fingerprint density at radius 1 is 1.45 bits per heavy atom. The van der Waals surface area contributed by atoms with Crippen molar-refractivity contribution < 1.29 is 5.11 Å². The molecule has 1 N–H and O–H groups in total. The Balaban J connectivity index is 3.90. The van der Waals surface area contributed by atoms with Crippen LogP contribution in [-0.2, 0) is 0 Å². The highest BCUT2D eigenvalue weighted by Gasteiger charge is 2.29. The van der Waals surface area contributed by atoms with E-state index in [1.54, 1.807) is 6.92 Å². The van der Waals surface area contributed by atoms with E-state index in [0.717, 1.165) is 0 Å². The summed E-state index contributed by atoms with van der Waals surface area (Å²) in [6.07, 6.45) is 0.189. The Hall–Kier alpha value is 0.540. The van der Waals surface area contributed by atoms with Gasteiger partial charge in [-0.3, -0.25) is 0 Å². The van der Waals surface area contributed by atoms with Crippen molar-refractivity contribution in [2.75, 3.05) is 5.88 Å². The summed E-state index contributed by atoms with van der Waals surface area (Å²) in [4.78, 5) is -0.675. The van der Waals surface area contributed by atoms with Gasteiger partial charge >= 0.3 is 0 Å². The third-order valence-electron chi connectivity index (χ3n) is 1.65. The van der Waals surface area contributed by atoms with Crippen LogP contribution in [0.25, 0.3) is 0 Å². The second-order valence-corrected chi connectivity index (χ2v) is 4.69. The number of halogens is 2. The molecule has 0 heterocycles. The standard InChI is InChI=1S/C8H16Cl2O/c1-6(2)4-7(11)8(3,10)5-9/h6-7,11H,4-5H2,1-3H3. The van der Waals surface area contributed by atoms with Crippen molar-refractivity contribution >= 4 is 23.2 Å². The maximum atomic E-state index is 9.53. The van der Waals surface area contributed by atoms with Crippen LogP contribution in [0.2, 0.25) is 0 Å². The molecule has 0 aliphatic heterocycles. The molecular weight excluding hydrogens is 183 g/mol. The van der Waals surface area contributed by atoms with E-state index in [1.807, 2.05) is 13.8 Å². The second kappa shape index (κ2) is 4.54. The van der Waals surface area contributed by atoms with Gasteiger partial charge in [-0.05, 0) is 19.3 Å². The summed E-state index contributed by atoms with van der Waals surface area (Å²) in [6, 6.07) is 0. The molecule has 0 amide bonds. The summed E-state index contributed by atoms with van der Waals surface area (Å²) in [5.41, 5.74) is 0. The topological polar surface area (TPSA) is 20.2 Å². The number of hydrogen-bond donors (Lipinski definition) is 1. The van der Waals surface area contributed by atoms with Gasteiger partial charge in [-0.1, -0.05) is 13.8 Å². The summed E-state index contributed by atoms with van der Waals surface area (Å²) in [5.74, 6) is 0.730. The molecular formula is C8H16Cl2O. The fraction of sp³-hybridized carbons (Fsp3) is 1.00. The van der Waals surface area contributed by atoms with Crippen molar-refractivity contribution in [2.24, 2.45) is 5.92 Å². The molecule has 0 aliphatic carbocycles. The lowest BCUT2D eigenvalue weighted by Crippen LogP contribution is -2.36. The fourth-order valence-corrected chi connectivity index (χ4v) is 1.05. The van der Waals surface area contributed by atoms with E-state index in [9.17, 15) is 5.11 Å². The number of aliphatic hydroxyl groups is 1. The average molecular weight is 199 g/mol. The highest BCUT2D eigenvalue weighted by Crippen LogP contribution is 2.25. The van der Waals surface area contributed by atoms with Crippen molar-refractivity contribution in [2.45, 2.75) is 38.2 Å². The highest BCUT2D eigenvalue weighted by atomic mass is 35.5. The molecule has 0 saturated heterocycles. The minimum Gasteiger partial charge on any atom is -0.391 e. The summed E-state index contributed by atoms with van der Waals surface area (Å²) >= 11 is 11.5. The van der Waals surface area contributed by atoms with Crippen molar-refractivity contribution in [3.63, 3.8) is 0 Å². The van der Waals surface area contributed by atoms with E-state index >= 15 is 0 Å². The number of aliphatic hydroxyl groups excluding tert-OH is 1. The van der Waals surface area contributed by atoms with Gasteiger partial charge in [0, 0.05) is 5.88 Å². The van der Waals surface area contributed by atoms with Gasteiger partial charge in [-0.2, -0.15) is 0 Å². The monoisotopic (exact) mass is 198 g/mol. The number of hydrogen-bond acceptors (Lipinski definition) is 1. The van der Waals surface area contributed by atoms with E-state index in [4.69, 9.17) is 23.2 Å². The summed E-state index contributed by atoms with van der Waals surface area (Å²) in [5, 5.41) is 9.53. The van der Waals surface area contributed by atoms with Gasteiger partial charge in [0.25, 0.3) is 0 Å². The van der Waals surface area contributed by atoms with E-state index in [-0.39, 0.29) is 5.88 Å². The van der Waals surface area contributed by atoms with Crippen molar-refractivity contribution in [3.05, 3.63) is 0 Å². The number of rotatable bonds is 4. The zero-order valence-corrected chi connectivity index (χ0v) is 8.78. The molecule has 0 bridgehead atoms. The predicted molar refractivity (Wildman–Crippen MR) is 50.4 cm³/mol. The summed E-state index contributed by atoms with van der Waals surface area (Å²) < 4.78 is 0. The van der Waals surface area contributed by atoms with Gasteiger partial charge < -0.3 is 5.11 Å². The minimum absolute atomic E-state index is 0.280. The molecule has 0 aromatic rings. The first kappa shape index (κ1) is 11.5. The smallest absolute Gasteiger partial charge is 0.0811 e. The molecule has 0 aromatic carbocycles. The largest absolute Gasteiger partial charge is 0.391 e. The number of alkyl halides is 2. The first-order chi connectivity index (χ1) is 4.90. The van der Waals surface area contributed by atoms with Crippen LogP contribution >= 0.6 is 23.2 Å². The Morgan fingerprint density at radius 3 is 2.18 bits per heavy atom. The Labute approximate surface area is 78.7 Å². The normalized spacial score (nSPS) is 19.9. The molecule has 2 atom stereocenters. The van der Waals surface area contributed by atoms with E-state index in [1.165, 1.54) is 0 Å². The van der Waals surface area contributed by atoms with Crippen LogP contribution in [0, 0.1) is 5.92 Å². The van der Waals surface area contributed by atoms with E-state index in [0.29, 0.717) is 12.3 Å². The highest BCUT2D eigenvalue weighted by molar-refractivity contribution is 6.30. The first-order valence-electron chi connectivity index (χ1n) is 3.83. The van der Waals surface area contributed by atoms with Gasteiger partial charge in [-0.25, -0.2) is 0 Å². The molecule has 68 valence electrons. The van der Waals surface area contributed by atoms with Gasteiger partial charge in [0.2, 0.25) is 0 Å². The molecule has 1 nitrogen and oxygen atoms in total. The van der Waals surface area contributed by atoms with Crippen LogP contribution in [0.1, 0.15) is 27.2 Å². The molecule has 0 saturated carbocycles. The van der Waals surface area contributed by atoms with Gasteiger partial charge in [-0.15, -0.1) is 23.2 Å². The summed E-state index contributed by atoms with van der Waals surface area (Å²) in [6.45, 7) is 5.85. The van der Waals surface area contributed by atoms with E-state index in [2.05, 4.69) is 0 Å². The quantitative estimate of drug-likeness (QED) is 0.690. The van der Waals surface area contributed by atoms with Crippen LogP contribution < -0.4 is 0 Å². The Kier molecular flexibility index (Phi) is 4.76. The lowest BCUT2D eigenvalue weighted by molar-refractivity contribution is 0.117. The van der Waals surface area contributed by atoms with Gasteiger partial charge in [0.05, 0.1) is 11.0 Å². The van der Waals surface area contributed by atoms with Gasteiger partial charge in [0.15, 0.2) is 0 Å². The molecule has 11 heavy (non-hydrogen) atoms. The molecule has 2 unspecified atom stereocenters. The zero-order valence-electron chi connectivity index (χ0n) is 7.27. The third-order valence-corrected chi connectivity index (χ3v) is 2.73. The van der Waals surface area contributed by atoms with Crippen LogP contribution in [-0.4, -0.2) is 22.0 Å². The minimum atomic E-state index is -0.675. The molecule has 0 aliphatic rings. The lowest BCUT2D eigenvalue weighted by atomic mass is 9.97. The van der Waals surface area contributed by atoms with Crippen molar-refractivity contribution in [3.8, 4) is 0 Å². The molecule has 3 heteroatoms. The second-order valence-electron chi connectivity index (χ2n) is 3.56. The molecule has 0 fully saturated rings. The maximum absolute atomic E-state index is 9.53. The van der Waals surface area contributed by atoms with Gasteiger partial charge in [0.1, 0.15) is 0 Å². The summed E-state index contributed by atoms with van der Waals surface area (Å²) in [7, 11) is 0. The van der Waals surface area contributed by atoms with Crippen LogP contribution in [0.4, 0.5) is 0 Å². The fourth-order valence-electron chi connectivity index (χ4n) is 0.781. The van der Waals surface area contributed by atoms with Crippen molar-refractivity contribution in [1.82, 2.24) is 0 Å². The Morgan fingerprint density at radius 2 is 1.91 bits per heavy atom. The lowest BCUT2D eigenvalue weighted by Gasteiger charge is -2.26. The van der Waals surface area contributed by atoms with E-state index < -0.39 is 11.0 Å². The Bertz CT molecular complexity index is 113. The average Bonchev–Trinajstić information content (AvgIpc) is 1.86. The zero-order chi connectivity index (χ0) is 9.07. The SMILES string of the molecule is CC(C)CC(O)C(C)(Cl)CCl. The molecule has 0 spiro atoms. The first-order valence-corrected chi connectivity index (χ1v) is 4.74. The van der Waals surface area contributed by atoms with Crippen LogP contribution in [0.15, 0.2) is 0 Å². The third kappa shape index (κ3) is 4.19. The molecule has 0 radical (unpaired) electrons. The maximum Gasteiger partial charge on any atom is 0.0811 e. The molecule has 0 aromatic heterocycles. The van der Waals surface area contributed by atoms with Crippen LogP contribution in [0.5, 0.6) is 0 Å².